The van der Waals surface area contributed by atoms with Gasteiger partial charge in [-0.1, -0.05) is 32.9 Å². The van der Waals surface area contributed by atoms with E-state index in [-0.39, 0.29) is 11.3 Å². The zero-order valence-corrected chi connectivity index (χ0v) is 13.2. The standard InChI is InChI=1S/C16H20N2OS/c1-5-16(3,4)15(19)18-13-8-6-12(7-9-13)14-10-20-11(2)17-14/h6-10H,5H2,1-4H3,(H,18,19). The topological polar surface area (TPSA) is 42.0 Å². The van der Waals surface area contributed by atoms with Crippen molar-refractivity contribution in [3.63, 3.8) is 0 Å². The average molecular weight is 288 g/mol. The van der Waals surface area contributed by atoms with Crippen LogP contribution in [0.3, 0.4) is 0 Å². The molecule has 1 heterocycles. The number of carbonyl (C=O) groups is 1. The largest absolute Gasteiger partial charge is 0.326 e. The van der Waals surface area contributed by atoms with Gasteiger partial charge in [-0.2, -0.15) is 0 Å². The first-order valence-corrected chi connectivity index (χ1v) is 7.64. The molecule has 3 nitrogen and oxygen atoms in total. The maximum absolute atomic E-state index is 12.1. The van der Waals surface area contributed by atoms with Crippen molar-refractivity contribution in [1.82, 2.24) is 4.98 Å². The van der Waals surface area contributed by atoms with Crippen LogP contribution in [0.1, 0.15) is 32.2 Å². The minimum atomic E-state index is -0.343. The Bertz CT molecular complexity index is 599. The van der Waals surface area contributed by atoms with Crippen LogP contribution in [0.15, 0.2) is 29.6 Å². The summed E-state index contributed by atoms with van der Waals surface area (Å²) in [5.74, 6) is 0.0530. The molecule has 0 aliphatic carbocycles. The number of benzene rings is 1. The Hall–Kier alpha value is -1.68. The maximum atomic E-state index is 12.1. The normalized spacial score (nSPS) is 11.4. The van der Waals surface area contributed by atoms with E-state index in [0.717, 1.165) is 28.4 Å². The van der Waals surface area contributed by atoms with Gasteiger partial charge in [0.25, 0.3) is 0 Å². The third-order valence-corrected chi connectivity index (χ3v) is 4.33. The molecule has 1 aromatic carbocycles. The van der Waals surface area contributed by atoms with E-state index in [0.29, 0.717) is 0 Å². The Labute approximate surface area is 124 Å². The highest BCUT2D eigenvalue weighted by Gasteiger charge is 2.25. The predicted octanol–water partition coefficient (Wildman–Crippen LogP) is 4.49. The van der Waals surface area contributed by atoms with Crippen molar-refractivity contribution in [2.45, 2.75) is 34.1 Å². The minimum absolute atomic E-state index is 0.0530. The first-order valence-electron chi connectivity index (χ1n) is 6.76. The molecule has 1 amide bonds. The number of amides is 1. The number of nitrogens with one attached hydrogen (secondary N) is 1. The van der Waals surface area contributed by atoms with Crippen molar-refractivity contribution in [2.24, 2.45) is 5.41 Å². The third-order valence-electron chi connectivity index (χ3n) is 3.56. The number of thiazole rings is 1. The highest BCUT2D eigenvalue weighted by molar-refractivity contribution is 7.09. The van der Waals surface area contributed by atoms with Crippen LogP contribution in [0.5, 0.6) is 0 Å². The molecular weight excluding hydrogens is 268 g/mol. The van der Waals surface area contributed by atoms with Gasteiger partial charge in [-0.3, -0.25) is 4.79 Å². The van der Waals surface area contributed by atoms with Crippen LogP contribution in [0.4, 0.5) is 5.69 Å². The highest BCUT2D eigenvalue weighted by Crippen LogP contribution is 2.25. The predicted molar refractivity (Wildman–Crippen MR) is 85.0 cm³/mol. The summed E-state index contributed by atoms with van der Waals surface area (Å²) in [4.78, 5) is 16.6. The van der Waals surface area contributed by atoms with Crippen molar-refractivity contribution in [3.05, 3.63) is 34.7 Å². The zero-order chi connectivity index (χ0) is 14.8. The molecule has 1 aromatic heterocycles. The molecule has 106 valence electrons. The second-order valence-electron chi connectivity index (χ2n) is 5.52. The van der Waals surface area contributed by atoms with Crippen LogP contribution in [-0.2, 0) is 4.79 Å². The smallest absolute Gasteiger partial charge is 0.230 e. The van der Waals surface area contributed by atoms with E-state index >= 15 is 0 Å². The van der Waals surface area contributed by atoms with Crippen LogP contribution in [0, 0.1) is 12.3 Å². The lowest BCUT2D eigenvalue weighted by Gasteiger charge is -2.21. The number of aromatic nitrogens is 1. The van der Waals surface area contributed by atoms with Gasteiger partial charge in [0, 0.05) is 22.0 Å². The van der Waals surface area contributed by atoms with Crippen LogP contribution in [-0.4, -0.2) is 10.9 Å². The van der Waals surface area contributed by atoms with E-state index in [4.69, 9.17) is 0 Å². The van der Waals surface area contributed by atoms with E-state index in [1.807, 2.05) is 57.3 Å². The lowest BCUT2D eigenvalue weighted by molar-refractivity contribution is -0.124. The highest BCUT2D eigenvalue weighted by atomic mass is 32.1. The minimum Gasteiger partial charge on any atom is -0.326 e. The Morgan fingerprint density at radius 2 is 1.95 bits per heavy atom. The molecule has 0 saturated carbocycles. The van der Waals surface area contributed by atoms with Crippen LogP contribution in [0.25, 0.3) is 11.3 Å². The molecular formula is C16H20N2OS. The Kier molecular flexibility index (Phi) is 4.23. The van der Waals surface area contributed by atoms with Crippen molar-refractivity contribution in [1.29, 1.82) is 0 Å². The van der Waals surface area contributed by atoms with Crippen molar-refractivity contribution < 1.29 is 4.79 Å². The second kappa shape index (κ2) is 5.75. The molecule has 0 bridgehead atoms. The summed E-state index contributed by atoms with van der Waals surface area (Å²) in [6.45, 7) is 7.92. The average Bonchev–Trinajstić information content (AvgIpc) is 2.86. The summed E-state index contributed by atoms with van der Waals surface area (Å²) >= 11 is 1.64. The van der Waals surface area contributed by atoms with Gasteiger partial charge in [-0.05, 0) is 25.5 Å². The monoisotopic (exact) mass is 288 g/mol. The quantitative estimate of drug-likeness (QED) is 0.900. The Morgan fingerprint density at radius 1 is 1.30 bits per heavy atom. The van der Waals surface area contributed by atoms with E-state index in [1.54, 1.807) is 11.3 Å². The van der Waals surface area contributed by atoms with Crippen LogP contribution >= 0.6 is 11.3 Å². The number of rotatable bonds is 4. The van der Waals surface area contributed by atoms with Gasteiger partial charge in [-0.15, -0.1) is 11.3 Å². The summed E-state index contributed by atoms with van der Waals surface area (Å²) in [7, 11) is 0. The molecule has 0 fully saturated rings. The number of anilines is 1. The summed E-state index contributed by atoms with van der Waals surface area (Å²) in [6, 6.07) is 7.83. The molecule has 0 spiro atoms. The molecule has 0 aliphatic heterocycles. The summed E-state index contributed by atoms with van der Waals surface area (Å²) in [6.07, 6.45) is 0.815. The Balaban J connectivity index is 2.11. The first kappa shape index (κ1) is 14.7. The number of aryl methyl sites for hydroxylation is 1. The molecule has 0 saturated heterocycles. The van der Waals surface area contributed by atoms with Crippen LogP contribution in [0.2, 0.25) is 0 Å². The van der Waals surface area contributed by atoms with E-state index < -0.39 is 0 Å². The van der Waals surface area contributed by atoms with Crippen molar-refractivity contribution in [3.8, 4) is 11.3 Å². The van der Waals surface area contributed by atoms with Gasteiger partial charge < -0.3 is 5.32 Å². The molecule has 0 aliphatic rings. The first-order chi connectivity index (χ1) is 9.42. The van der Waals surface area contributed by atoms with Crippen molar-refractivity contribution in [2.75, 3.05) is 5.32 Å². The van der Waals surface area contributed by atoms with Gasteiger partial charge in [0.1, 0.15) is 0 Å². The van der Waals surface area contributed by atoms with Gasteiger partial charge in [0.15, 0.2) is 0 Å². The fraction of sp³-hybridized carbons (Fsp3) is 0.375. The van der Waals surface area contributed by atoms with E-state index in [1.165, 1.54) is 0 Å². The molecule has 2 aromatic rings. The van der Waals surface area contributed by atoms with Gasteiger partial charge >= 0.3 is 0 Å². The molecule has 2 rings (SSSR count). The molecule has 0 unspecified atom stereocenters. The maximum Gasteiger partial charge on any atom is 0.230 e. The summed E-state index contributed by atoms with van der Waals surface area (Å²) in [5, 5.41) is 6.06. The van der Waals surface area contributed by atoms with E-state index in [2.05, 4.69) is 10.3 Å². The molecule has 0 radical (unpaired) electrons. The Morgan fingerprint density at radius 3 is 2.45 bits per heavy atom. The zero-order valence-electron chi connectivity index (χ0n) is 12.4. The number of hydrogen-bond donors (Lipinski definition) is 1. The van der Waals surface area contributed by atoms with Gasteiger partial charge in [0.2, 0.25) is 5.91 Å². The molecule has 20 heavy (non-hydrogen) atoms. The number of carbonyl (C=O) groups excluding carboxylic acids is 1. The van der Waals surface area contributed by atoms with Gasteiger partial charge in [0.05, 0.1) is 10.7 Å². The number of nitrogens with zero attached hydrogens (tertiary/aromatic N) is 1. The molecule has 0 atom stereocenters. The summed E-state index contributed by atoms with van der Waals surface area (Å²) in [5.41, 5.74) is 2.54. The van der Waals surface area contributed by atoms with Gasteiger partial charge in [-0.25, -0.2) is 4.98 Å². The molecule has 1 N–H and O–H groups in total. The fourth-order valence-corrected chi connectivity index (χ4v) is 2.30. The third kappa shape index (κ3) is 3.25. The lowest BCUT2D eigenvalue weighted by Crippen LogP contribution is -2.29. The number of hydrogen-bond acceptors (Lipinski definition) is 3. The van der Waals surface area contributed by atoms with E-state index in [9.17, 15) is 4.79 Å². The van der Waals surface area contributed by atoms with Crippen LogP contribution < -0.4 is 5.32 Å². The molecule has 4 heteroatoms. The summed E-state index contributed by atoms with van der Waals surface area (Å²) < 4.78 is 0. The van der Waals surface area contributed by atoms with Crippen molar-refractivity contribution >= 4 is 22.9 Å². The lowest BCUT2D eigenvalue weighted by atomic mass is 9.89. The SMILES string of the molecule is CCC(C)(C)C(=O)Nc1ccc(-c2csc(C)n2)cc1. The fourth-order valence-electron chi connectivity index (χ4n) is 1.68. The second-order valence-corrected chi connectivity index (χ2v) is 6.58.